The molecule has 0 fully saturated rings. The Labute approximate surface area is 130 Å². The number of hydrogen-bond acceptors (Lipinski definition) is 3. The van der Waals surface area contributed by atoms with Gasteiger partial charge < -0.3 is 5.73 Å². The Hall–Kier alpha value is -1.36. The summed E-state index contributed by atoms with van der Waals surface area (Å²) in [7, 11) is -3.18. The standard InChI is InChI=1S/C16H18ClNO2S/c1-11-3-4-13(15(17)9-11)10-16(18)12-5-7-14(8-6-12)21(2,19)20/h3-9,16H,10,18H2,1-2H3. The van der Waals surface area contributed by atoms with E-state index in [0.29, 0.717) is 16.3 Å². The summed E-state index contributed by atoms with van der Waals surface area (Å²) in [5.41, 5.74) is 9.17. The van der Waals surface area contributed by atoms with Gasteiger partial charge in [0.15, 0.2) is 9.84 Å². The van der Waals surface area contributed by atoms with Crippen LogP contribution in [0, 0.1) is 6.92 Å². The third-order valence-electron chi connectivity index (χ3n) is 3.38. The fraction of sp³-hybridized carbons (Fsp3) is 0.250. The molecular weight excluding hydrogens is 306 g/mol. The second-order valence-electron chi connectivity index (χ2n) is 5.25. The van der Waals surface area contributed by atoms with Crippen LogP contribution in [-0.2, 0) is 16.3 Å². The zero-order valence-corrected chi connectivity index (χ0v) is 13.6. The van der Waals surface area contributed by atoms with Crippen molar-refractivity contribution in [2.45, 2.75) is 24.3 Å². The molecule has 0 aliphatic heterocycles. The fourth-order valence-electron chi connectivity index (χ4n) is 2.13. The van der Waals surface area contributed by atoms with E-state index in [1.54, 1.807) is 24.3 Å². The highest BCUT2D eigenvalue weighted by molar-refractivity contribution is 7.90. The molecule has 2 aromatic carbocycles. The second-order valence-corrected chi connectivity index (χ2v) is 7.67. The Kier molecular flexibility index (Phi) is 4.71. The highest BCUT2D eigenvalue weighted by atomic mass is 35.5. The van der Waals surface area contributed by atoms with Gasteiger partial charge in [-0.15, -0.1) is 0 Å². The SMILES string of the molecule is Cc1ccc(CC(N)c2ccc(S(C)(=O)=O)cc2)c(Cl)c1. The first-order valence-electron chi connectivity index (χ1n) is 6.58. The first kappa shape index (κ1) is 16.0. The molecule has 3 nitrogen and oxygen atoms in total. The van der Waals surface area contributed by atoms with Crippen molar-refractivity contribution in [1.29, 1.82) is 0 Å². The minimum atomic E-state index is -3.18. The van der Waals surface area contributed by atoms with Crippen molar-refractivity contribution in [2.24, 2.45) is 5.73 Å². The van der Waals surface area contributed by atoms with E-state index in [-0.39, 0.29) is 6.04 Å². The monoisotopic (exact) mass is 323 g/mol. The van der Waals surface area contributed by atoms with E-state index in [0.717, 1.165) is 16.7 Å². The van der Waals surface area contributed by atoms with Gasteiger partial charge in [0.05, 0.1) is 4.90 Å². The lowest BCUT2D eigenvalue weighted by atomic mass is 9.99. The smallest absolute Gasteiger partial charge is 0.175 e. The molecule has 0 saturated carbocycles. The van der Waals surface area contributed by atoms with Gasteiger partial charge >= 0.3 is 0 Å². The lowest BCUT2D eigenvalue weighted by Crippen LogP contribution is -2.13. The highest BCUT2D eigenvalue weighted by Crippen LogP contribution is 2.24. The molecule has 0 amide bonds. The average Bonchev–Trinajstić information content (AvgIpc) is 2.41. The summed E-state index contributed by atoms with van der Waals surface area (Å²) in [6.45, 7) is 1.99. The molecule has 5 heteroatoms. The molecule has 0 aliphatic carbocycles. The number of hydrogen-bond donors (Lipinski definition) is 1. The molecule has 1 atom stereocenters. The van der Waals surface area contributed by atoms with Crippen molar-refractivity contribution < 1.29 is 8.42 Å². The minimum absolute atomic E-state index is 0.223. The topological polar surface area (TPSA) is 60.2 Å². The van der Waals surface area contributed by atoms with Crippen LogP contribution in [0.3, 0.4) is 0 Å². The molecule has 2 rings (SSSR count). The molecule has 0 heterocycles. The van der Waals surface area contributed by atoms with E-state index >= 15 is 0 Å². The fourth-order valence-corrected chi connectivity index (χ4v) is 3.08. The first-order valence-corrected chi connectivity index (χ1v) is 8.85. The molecule has 2 aromatic rings. The van der Waals surface area contributed by atoms with Crippen LogP contribution in [0.25, 0.3) is 0 Å². The quantitative estimate of drug-likeness (QED) is 0.939. The number of rotatable bonds is 4. The van der Waals surface area contributed by atoms with Gasteiger partial charge in [0.25, 0.3) is 0 Å². The van der Waals surface area contributed by atoms with Crippen molar-refractivity contribution in [3.8, 4) is 0 Å². The van der Waals surface area contributed by atoms with Gasteiger partial charge in [0, 0.05) is 17.3 Å². The van der Waals surface area contributed by atoms with Crippen LogP contribution >= 0.6 is 11.6 Å². The van der Waals surface area contributed by atoms with Crippen molar-refractivity contribution in [1.82, 2.24) is 0 Å². The molecular formula is C16H18ClNO2S. The predicted molar refractivity (Wildman–Crippen MR) is 86.4 cm³/mol. The lowest BCUT2D eigenvalue weighted by molar-refractivity contribution is 0.601. The normalized spacial score (nSPS) is 13.1. The molecule has 112 valence electrons. The van der Waals surface area contributed by atoms with E-state index in [1.807, 2.05) is 25.1 Å². The summed E-state index contributed by atoms with van der Waals surface area (Å²) >= 11 is 6.21. The Morgan fingerprint density at radius 2 is 1.76 bits per heavy atom. The van der Waals surface area contributed by atoms with Crippen LogP contribution in [0.1, 0.15) is 22.7 Å². The van der Waals surface area contributed by atoms with Crippen LogP contribution in [-0.4, -0.2) is 14.7 Å². The average molecular weight is 324 g/mol. The van der Waals surface area contributed by atoms with E-state index < -0.39 is 9.84 Å². The second kappa shape index (κ2) is 6.18. The third-order valence-corrected chi connectivity index (χ3v) is 4.87. The largest absolute Gasteiger partial charge is 0.324 e. The molecule has 0 bridgehead atoms. The van der Waals surface area contributed by atoms with Gasteiger partial charge in [-0.2, -0.15) is 0 Å². The first-order chi connectivity index (χ1) is 9.77. The molecule has 21 heavy (non-hydrogen) atoms. The Morgan fingerprint density at radius 1 is 1.14 bits per heavy atom. The van der Waals surface area contributed by atoms with E-state index in [4.69, 9.17) is 17.3 Å². The molecule has 0 radical (unpaired) electrons. The van der Waals surface area contributed by atoms with Crippen molar-refractivity contribution >= 4 is 21.4 Å². The summed E-state index contributed by atoms with van der Waals surface area (Å²) in [6, 6.07) is 12.3. The lowest BCUT2D eigenvalue weighted by Gasteiger charge is -2.14. The van der Waals surface area contributed by atoms with Crippen LogP contribution in [0.5, 0.6) is 0 Å². The molecule has 2 N–H and O–H groups in total. The van der Waals surface area contributed by atoms with Gasteiger partial charge in [-0.3, -0.25) is 0 Å². The van der Waals surface area contributed by atoms with Crippen LogP contribution in [0.4, 0.5) is 0 Å². The summed E-state index contributed by atoms with van der Waals surface area (Å²) in [5.74, 6) is 0. The summed E-state index contributed by atoms with van der Waals surface area (Å²) < 4.78 is 22.9. The minimum Gasteiger partial charge on any atom is -0.324 e. The summed E-state index contributed by atoms with van der Waals surface area (Å²) in [5, 5.41) is 0.707. The Balaban J connectivity index is 2.18. The van der Waals surface area contributed by atoms with Crippen molar-refractivity contribution in [3.63, 3.8) is 0 Å². The van der Waals surface area contributed by atoms with Crippen LogP contribution in [0.15, 0.2) is 47.4 Å². The maximum absolute atomic E-state index is 11.4. The number of aryl methyl sites for hydroxylation is 1. The number of halogens is 1. The van der Waals surface area contributed by atoms with E-state index in [9.17, 15) is 8.42 Å². The number of sulfone groups is 1. The molecule has 0 saturated heterocycles. The van der Waals surface area contributed by atoms with Gasteiger partial charge in [0.1, 0.15) is 0 Å². The molecule has 0 spiro atoms. The maximum Gasteiger partial charge on any atom is 0.175 e. The number of nitrogens with two attached hydrogens (primary N) is 1. The third kappa shape index (κ3) is 4.06. The number of benzene rings is 2. The van der Waals surface area contributed by atoms with Gasteiger partial charge in [0.2, 0.25) is 0 Å². The maximum atomic E-state index is 11.4. The van der Waals surface area contributed by atoms with Crippen molar-refractivity contribution in [2.75, 3.05) is 6.26 Å². The molecule has 0 aromatic heterocycles. The molecule has 1 unspecified atom stereocenters. The summed E-state index contributed by atoms with van der Waals surface area (Å²) in [4.78, 5) is 0.298. The van der Waals surface area contributed by atoms with E-state index in [1.165, 1.54) is 6.26 Å². The highest BCUT2D eigenvalue weighted by Gasteiger charge is 2.12. The predicted octanol–water partition coefficient (Wildman–Crippen LogP) is 3.29. The van der Waals surface area contributed by atoms with Gasteiger partial charge in [-0.05, 0) is 48.2 Å². The van der Waals surface area contributed by atoms with Gasteiger partial charge in [-0.25, -0.2) is 8.42 Å². The summed E-state index contributed by atoms with van der Waals surface area (Å²) in [6.07, 6.45) is 1.80. The van der Waals surface area contributed by atoms with Crippen molar-refractivity contribution in [3.05, 3.63) is 64.2 Å². The zero-order chi connectivity index (χ0) is 15.6. The van der Waals surface area contributed by atoms with Crippen LogP contribution in [0.2, 0.25) is 5.02 Å². The van der Waals surface area contributed by atoms with Crippen LogP contribution < -0.4 is 5.73 Å². The molecule has 0 aliphatic rings. The van der Waals surface area contributed by atoms with Gasteiger partial charge in [-0.1, -0.05) is 35.9 Å². The Bertz CT molecular complexity index is 739. The zero-order valence-electron chi connectivity index (χ0n) is 12.0. The Morgan fingerprint density at radius 3 is 2.29 bits per heavy atom. The van der Waals surface area contributed by atoms with E-state index in [2.05, 4.69) is 0 Å².